The lowest BCUT2D eigenvalue weighted by Crippen LogP contribution is -2.50. The van der Waals surface area contributed by atoms with Crippen molar-refractivity contribution in [1.82, 2.24) is 15.5 Å². The normalized spacial score (nSPS) is 21.7. The molecule has 0 aromatic carbocycles. The highest BCUT2D eigenvalue weighted by molar-refractivity contribution is 5.81. The number of carbonyl (C=O) groups is 3. The average Bonchev–Trinajstić information content (AvgIpc) is 3.27. The Balaban J connectivity index is 1.69. The SMILES string of the molecule is O=C(O)CC1CCCCN1C(=O)NCCNC(=O)C1CC1. The molecule has 1 aliphatic carbocycles. The summed E-state index contributed by atoms with van der Waals surface area (Å²) in [6, 6.07) is -0.459. The Hall–Kier alpha value is -1.79. The molecule has 0 spiro atoms. The molecule has 3 N–H and O–H groups in total. The third-order valence-electron chi connectivity index (χ3n) is 3.95. The summed E-state index contributed by atoms with van der Waals surface area (Å²) in [5, 5.41) is 14.4. The molecule has 1 saturated heterocycles. The number of piperidine rings is 1. The van der Waals surface area contributed by atoms with Gasteiger partial charge in [-0.15, -0.1) is 0 Å². The topological polar surface area (TPSA) is 98.7 Å². The second-order valence-electron chi connectivity index (χ2n) is 5.74. The first-order chi connectivity index (χ1) is 10.1. The van der Waals surface area contributed by atoms with Gasteiger partial charge >= 0.3 is 12.0 Å². The first-order valence-corrected chi connectivity index (χ1v) is 7.62. The molecule has 2 fully saturated rings. The largest absolute Gasteiger partial charge is 0.481 e. The second-order valence-corrected chi connectivity index (χ2v) is 5.74. The van der Waals surface area contributed by atoms with Crippen LogP contribution in [-0.2, 0) is 9.59 Å². The van der Waals surface area contributed by atoms with E-state index in [2.05, 4.69) is 10.6 Å². The summed E-state index contributed by atoms with van der Waals surface area (Å²) in [5.41, 5.74) is 0. The van der Waals surface area contributed by atoms with Gasteiger partial charge in [0.15, 0.2) is 0 Å². The van der Waals surface area contributed by atoms with Crippen molar-refractivity contribution in [3.05, 3.63) is 0 Å². The molecule has 0 bridgehead atoms. The number of carboxylic acid groups (broad SMARTS) is 1. The van der Waals surface area contributed by atoms with E-state index in [9.17, 15) is 14.4 Å². The molecule has 2 rings (SSSR count). The first kappa shape index (κ1) is 15.6. The molecular formula is C14H23N3O4. The number of hydrogen-bond acceptors (Lipinski definition) is 3. The van der Waals surface area contributed by atoms with Crippen molar-refractivity contribution in [1.29, 1.82) is 0 Å². The van der Waals surface area contributed by atoms with E-state index >= 15 is 0 Å². The maximum Gasteiger partial charge on any atom is 0.317 e. The highest BCUT2D eigenvalue weighted by Gasteiger charge is 2.30. The molecule has 3 amide bonds. The van der Waals surface area contributed by atoms with Crippen molar-refractivity contribution >= 4 is 17.9 Å². The number of likely N-dealkylation sites (tertiary alicyclic amines) is 1. The lowest BCUT2D eigenvalue weighted by Gasteiger charge is -2.34. The van der Waals surface area contributed by atoms with Crippen molar-refractivity contribution in [3.63, 3.8) is 0 Å². The van der Waals surface area contributed by atoms with E-state index in [1.165, 1.54) is 0 Å². The van der Waals surface area contributed by atoms with Crippen LogP contribution < -0.4 is 10.6 Å². The molecule has 1 aliphatic heterocycles. The van der Waals surface area contributed by atoms with Gasteiger partial charge < -0.3 is 20.6 Å². The molecule has 0 aromatic rings. The molecule has 1 atom stereocenters. The van der Waals surface area contributed by atoms with Crippen LogP contribution in [0.1, 0.15) is 38.5 Å². The Labute approximate surface area is 124 Å². The Bertz CT molecular complexity index is 409. The summed E-state index contributed by atoms with van der Waals surface area (Å²) in [4.78, 5) is 36.0. The lowest BCUT2D eigenvalue weighted by atomic mass is 10.00. The number of rotatable bonds is 6. The maximum atomic E-state index is 12.1. The van der Waals surface area contributed by atoms with Crippen LogP contribution in [0.3, 0.4) is 0 Å². The van der Waals surface area contributed by atoms with Crippen LogP contribution >= 0.6 is 0 Å². The fraction of sp³-hybridized carbons (Fsp3) is 0.786. The molecule has 2 aliphatic rings. The van der Waals surface area contributed by atoms with Crippen molar-refractivity contribution in [2.45, 2.75) is 44.6 Å². The number of carboxylic acids is 1. The molecule has 0 aromatic heterocycles. The molecule has 118 valence electrons. The van der Waals surface area contributed by atoms with Crippen LogP contribution in [0.25, 0.3) is 0 Å². The van der Waals surface area contributed by atoms with Gasteiger partial charge in [-0.3, -0.25) is 9.59 Å². The summed E-state index contributed by atoms with van der Waals surface area (Å²) < 4.78 is 0. The molecule has 7 heteroatoms. The quantitative estimate of drug-likeness (QED) is 0.623. The number of hydrogen-bond donors (Lipinski definition) is 3. The minimum Gasteiger partial charge on any atom is -0.481 e. The third kappa shape index (κ3) is 4.91. The van der Waals surface area contributed by atoms with Crippen LogP contribution in [0, 0.1) is 5.92 Å². The smallest absolute Gasteiger partial charge is 0.317 e. The zero-order valence-electron chi connectivity index (χ0n) is 12.1. The number of amides is 3. The van der Waals surface area contributed by atoms with Crippen molar-refractivity contribution < 1.29 is 19.5 Å². The molecule has 21 heavy (non-hydrogen) atoms. The van der Waals surface area contributed by atoms with E-state index < -0.39 is 5.97 Å². The van der Waals surface area contributed by atoms with E-state index in [0.29, 0.717) is 19.6 Å². The number of carbonyl (C=O) groups excluding carboxylic acids is 2. The van der Waals surface area contributed by atoms with Crippen LogP contribution in [0.2, 0.25) is 0 Å². The zero-order valence-corrected chi connectivity index (χ0v) is 12.1. The van der Waals surface area contributed by atoms with Gasteiger partial charge in [-0.1, -0.05) is 0 Å². The van der Waals surface area contributed by atoms with Gasteiger partial charge in [0.2, 0.25) is 5.91 Å². The lowest BCUT2D eigenvalue weighted by molar-refractivity contribution is -0.138. The predicted molar refractivity (Wildman–Crippen MR) is 75.7 cm³/mol. The number of urea groups is 1. The van der Waals surface area contributed by atoms with Gasteiger partial charge in [-0.05, 0) is 32.1 Å². The summed E-state index contributed by atoms with van der Waals surface area (Å²) >= 11 is 0. The minimum atomic E-state index is -0.878. The molecule has 1 heterocycles. The number of nitrogens with zero attached hydrogens (tertiary/aromatic N) is 1. The Morgan fingerprint density at radius 3 is 2.43 bits per heavy atom. The molecule has 0 radical (unpaired) electrons. The highest BCUT2D eigenvalue weighted by atomic mass is 16.4. The standard InChI is InChI=1S/C14H23N3O4/c18-12(19)9-11-3-1-2-8-17(11)14(21)16-7-6-15-13(20)10-4-5-10/h10-11H,1-9H2,(H,15,20)(H,16,21)(H,18,19). The van der Waals surface area contributed by atoms with Gasteiger partial charge in [-0.2, -0.15) is 0 Å². The average molecular weight is 297 g/mol. The maximum absolute atomic E-state index is 12.1. The molecular weight excluding hydrogens is 274 g/mol. The van der Waals surface area contributed by atoms with Crippen molar-refractivity contribution in [2.75, 3.05) is 19.6 Å². The van der Waals surface area contributed by atoms with Crippen molar-refractivity contribution in [3.8, 4) is 0 Å². The third-order valence-corrected chi connectivity index (χ3v) is 3.95. The summed E-state index contributed by atoms with van der Waals surface area (Å²) in [6.07, 6.45) is 4.51. The van der Waals surface area contributed by atoms with Gasteiger partial charge in [0.25, 0.3) is 0 Å². The minimum absolute atomic E-state index is 0.00810. The van der Waals surface area contributed by atoms with E-state index in [-0.39, 0.29) is 30.3 Å². The van der Waals surface area contributed by atoms with Crippen LogP contribution in [0.4, 0.5) is 4.79 Å². The first-order valence-electron chi connectivity index (χ1n) is 7.62. The summed E-state index contributed by atoms with van der Waals surface area (Å²) in [7, 11) is 0. The monoisotopic (exact) mass is 297 g/mol. The van der Waals surface area contributed by atoms with Crippen LogP contribution in [0.5, 0.6) is 0 Å². The van der Waals surface area contributed by atoms with Gasteiger partial charge in [0, 0.05) is 31.6 Å². The van der Waals surface area contributed by atoms with E-state index in [0.717, 1.165) is 32.1 Å². The Morgan fingerprint density at radius 2 is 1.76 bits per heavy atom. The highest BCUT2D eigenvalue weighted by Crippen LogP contribution is 2.28. The Morgan fingerprint density at radius 1 is 1.05 bits per heavy atom. The number of nitrogens with one attached hydrogen (secondary N) is 2. The predicted octanol–water partition coefficient (Wildman–Crippen LogP) is 0.551. The van der Waals surface area contributed by atoms with Crippen molar-refractivity contribution in [2.24, 2.45) is 5.92 Å². The molecule has 1 saturated carbocycles. The van der Waals surface area contributed by atoms with Gasteiger partial charge in [-0.25, -0.2) is 4.79 Å². The van der Waals surface area contributed by atoms with E-state index in [1.807, 2.05) is 0 Å². The molecule has 7 nitrogen and oxygen atoms in total. The fourth-order valence-electron chi connectivity index (χ4n) is 2.63. The fourth-order valence-corrected chi connectivity index (χ4v) is 2.63. The number of aliphatic carboxylic acids is 1. The second kappa shape index (κ2) is 7.28. The zero-order chi connectivity index (χ0) is 15.2. The summed E-state index contributed by atoms with van der Waals surface area (Å²) in [5.74, 6) is -0.648. The molecule has 1 unspecified atom stereocenters. The van der Waals surface area contributed by atoms with Gasteiger partial charge in [0.05, 0.1) is 6.42 Å². The van der Waals surface area contributed by atoms with Gasteiger partial charge in [0.1, 0.15) is 0 Å². The Kier molecular flexibility index (Phi) is 5.41. The van der Waals surface area contributed by atoms with Crippen LogP contribution in [-0.4, -0.2) is 53.6 Å². The van der Waals surface area contributed by atoms with E-state index in [4.69, 9.17) is 5.11 Å². The van der Waals surface area contributed by atoms with E-state index in [1.54, 1.807) is 4.90 Å². The summed E-state index contributed by atoms with van der Waals surface area (Å²) in [6.45, 7) is 1.38. The van der Waals surface area contributed by atoms with Crippen LogP contribution in [0.15, 0.2) is 0 Å².